The lowest BCUT2D eigenvalue weighted by Gasteiger charge is -2.18. The van der Waals surface area contributed by atoms with Gasteiger partial charge in [0, 0.05) is 6.07 Å². The Bertz CT molecular complexity index is 1440. The summed E-state index contributed by atoms with van der Waals surface area (Å²) < 4.78 is 60.4. The zero-order chi connectivity index (χ0) is 36.1. The molecule has 0 unspecified atom stereocenters. The summed E-state index contributed by atoms with van der Waals surface area (Å²) in [7, 11) is 0. The van der Waals surface area contributed by atoms with Crippen LogP contribution in [0.25, 0.3) is 11.1 Å². The quantitative estimate of drug-likeness (QED) is 0.0404. The summed E-state index contributed by atoms with van der Waals surface area (Å²) in [6, 6.07) is 14.7. The van der Waals surface area contributed by atoms with Crippen LogP contribution in [0.1, 0.15) is 151 Å². The Morgan fingerprint density at radius 2 is 1.12 bits per heavy atom. The van der Waals surface area contributed by atoms with Crippen molar-refractivity contribution in [2.24, 2.45) is 0 Å². The maximum atomic E-state index is 14.7. The summed E-state index contributed by atoms with van der Waals surface area (Å²) in [6.07, 6.45) is 18.0. The highest BCUT2D eigenvalue weighted by Crippen LogP contribution is 2.29. The molecule has 0 bridgehead atoms. The number of hydrogen-bond acceptors (Lipinski definition) is 5. The van der Waals surface area contributed by atoms with Crippen molar-refractivity contribution in [1.29, 1.82) is 0 Å². The Labute approximate surface area is 296 Å². The van der Waals surface area contributed by atoms with Crippen LogP contribution >= 0.6 is 0 Å². The number of unbranched alkanes of at least 4 members (excludes halogenated alkanes) is 12. The third-order valence-electron chi connectivity index (χ3n) is 8.88. The first-order valence-corrected chi connectivity index (χ1v) is 18.7. The van der Waals surface area contributed by atoms with E-state index in [1.165, 1.54) is 63.5 Å². The van der Waals surface area contributed by atoms with Crippen molar-refractivity contribution in [1.82, 2.24) is 0 Å². The van der Waals surface area contributed by atoms with Crippen LogP contribution in [0.3, 0.4) is 0 Å². The molecule has 0 amide bonds. The number of rotatable bonds is 24. The van der Waals surface area contributed by atoms with E-state index in [4.69, 9.17) is 14.2 Å². The van der Waals surface area contributed by atoms with Gasteiger partial charge in [-0.1, -0.05) is 129 Å². The third kappa shape index (κ3) is 13.5. The summed E-state index contributed by atoms with van der Waals surface area (Å²) in [5.74, 6) is -7.54. The van der Waals surface area contributed by atoms with Gasteiger partial charge in [-0.25, -0.2) is 18.4 Å². The molecule has 3 aromatic rings. The monoisotopic (exact) mass is 696 g/mol. The largest absolute Gasteiger partial charge is 0.494 e. The Kier molecular flexibility index (Phi) is 18.5. The lowest BCUT2D eigenvalue weighted by atomic mass is 10.0. The van der Waals surface area contributed by atoms with Crippen LogP contribution in [0.15, 0.2) is 54.6 Å². The highest BCUT2D eigenvalue weighted by atomic mass is 19.2. The van der Waals surface area contributed by atoms with Crippen LogP contribution in [0.4, 0.5) is 13.2 Å². The predicted octanol–water partition coefficient (Wildman–Crippen LogP) is 12.6. The van der Waals surface area contributed by atoms with E-state index < -0.39 is 46.8 Å². The van der Waals surface area contributed by atoms with Crippen LogP contribution in [0.2, 0.25) is 0 Å². The Morgan fingerprint density at radius 3 is 1.70 bits per heavy atom. The molecule has 1 atom stereocenters. The molecule has 0 spiro atoms. The highest BCUT2D eigenvalue weighted by Gasteiger charge is 2.27. The minimum Gasteiger partial charge on any atom is -0.494 e. The van der Waals surface area contributed by atoms with E-state index in [2.05, 4.69) is 13.8 Å². The van der Waals surface area contributed by atoms with Crippen molar-refractivity contribution in [3.8, 4) is 22.6 Å². The number of ether oxygens (including phenoxy) is 3. The molecule has 274 valence electrons. The minimum absolute atomic E-state index is 0.0635. The van der Waals surface area contributed by atoms with Gasteiger partial charge in [-0.05, 0) is 61.1 Å². The number of esters is 2. The van der Waals surface area contributed by atoms with Crippen molar-refractivity contribution >= 4 is 11.9 Å². The molecule has 50 heavy (non-hydrogen) atoms. The molecule has 0 heterocycles. The van der Waals surface area contributed by atoms with E-state index in [0.29, 0.717) is 25.5 Å². The van der Waals surface area contributed by atoms with E-state index in [1.54, 1.807) is 12.1 Å². The van der Waals surface area contributed by atoms with Crippen LogP contribution < -0.4 is 9.47 Å². The van der Waals surface area contributed by atoms with Gasteiger partial charge in [0.05, 0.1) is 12.2 Å². The molecular weight excluding hydrogens is 641 g/mol. The maximum Gasteiger partial charge on any atom is 0.343 e. The molecule has 0 N–H and O–H groups in total. The van der Waals surface area contributed by atoms with Gasteiger partial charge in [0.25, 0.3) is 0 Å². The Morgan fingerprint density at radius 1 is 0.580 bits per heavy atom. The smallest absolute Gasteiger partial charge is 0.343 e. The lowest BCUT2D eigenvalue weighted by molar-refractivity contribution is 0.0246. The number of carbonyl (C=O) groups is 2. The molecule has 0 aliphatic heterocycles. The van der Waals surface area contributed by atoms with E-state index in [9.17, 15) is 22.8 Å². The van der Waals surface area contributed by atoms with Gasteiger partial charge < -0.3 is 14.2 Å². The zero-order valence-electron chi connectivity index (χ0n) is 30.2. The van der Waals surface area contributed by atoms with E-state index in [1.807, 2.05) is 31.2 Å². The Hall–Kier alpha value is -3.81. The average Bonchev–Trinajstić information content (AvgIpc) is 3.13. The van der Waals surface area contributed by atoms with Crippen molar-refractivity contribution < 1.29 is 37.0 Å². The molecule has 5 nitrogen and oxygen atoms in total. The minimum atomic E-state index is -1.91. The zero-order valence-corrected chi connectivity index (χ0v) is 30.2. The van der Waals surface area contributed by atoms with Gasteiger partial charge in [0.15, 0.2) is 17.4 Å². The molecular formula is C42H55F3O5. The average molecular weight is 697 g/mol. The second kappa shape index (κ2) is 22.8. The molecule has 3 rings (SSSR count). The Balaban J connectivity index is 1.53. The summed E-state index contributed by atoms with van der Waals surface area (Å²) in [6.45, 7) is 6.93. The van der Waals surface area contributed by atoms with Gasteiger partial charge in [-0.2, -0.15) is 4.39 Å². The van der Waals surface area contributed by atoms with Crippen molar-refractivity contribution in [3.05, 3.63) is 83.2 Å². The van der Waals surface area contributed by atoms with Crippen LogP contribution in [-0.4, -0.2) is 24.6 Å². The van der Waals surface area contributed by atoms with Crippen molar-refractivity contribution in [3.63, 3.8) is 0 Å². The van der Waals surface area contributed by atoms with E-state index in [-0.39, 0.29) is 5.56 Å². The van der Waals surface area contributed by atoms with Gasteiger partial charge in [0.1, 0.15) is 17.4 Å². The van der Waals surface area contributed by atoms with Gasteiger partial charge in [-0.3, -0.25) is 0 Å². The first kappa shape index (κ1) is 40.6. The number of benzene rings is 3. The molecule has 0 aromatic heterocycles. The molecule has 3 aromatic carbocycles. The molecule has 0 fully saturated rings. The summed E-state index contributed by atoms with van der Waals surface area (Å²) in [4.78, 5) is 25.7. The maximum absolute atomic E-state index is 14.7. The van der Waals surface area contributed by atoms with Crippen LogP contribution in [0, 0.1) is 17.5 Å². The SMILES string of the molecule is CCCCCCCCCCCCOc1ccc(-c2ccc(C(=O)Oc3cc(C(=O)O[C@@H](CCC)CCCCCC)c(F)c(F)c3F)cc2)cc1. The lowest BCUT2D eigenvalue weighted by Crippen LogP contribution is -2.20. The van der Waals surface area contributed by atoms with Crippen molar-refractivity contribution in [2.45, 2.75) is 136 Å². The summed E-state index contributed by atoms with van der Waals surface area (Å²) in [5.41, 5.74) is 0.960. The second-order valence-electron chi connectivity index (χ2n) is 13.1. The molecule has 0 saturated heterocycles. The standard InChI is InChI=1S/C42H55F3O5/c1-4-7-9-11-12-13-14-15-16-18-29-48-34-27-25-32(26-28-34)31-21-23-33(24-22-31)41(46)50-37-30-36(38(43)40(45)39(37)44)42(47)49-35(19-6-3)20-17-10-8-5-2/h21-28,30,35H,4-20,29H2,1-3H3/t35-/m0/s1. The highest BCUT2D eigenvalue weighted by molar-refractivity contribution is 5.93. The van der Waals surface area contributed by atoms with E-state index >= 15 is 0 Å². The second-order valence-corrected chi connectivity index (χ2v) is 13.1. The van der Waals surface area contributed by atoms with Gasteiger partial charge >= 0.3 is 11.9 Å². The first-order chi connectivity index (χ1) is 24.3. The fourth-order valence-electron chi connectivity index (χ4n) is 5.88. The normalized spacial score (nSPS) is 11.7. The first-order valence-electron chi connectivity index (χ1n) is 18.7. The van der Waals surface area contributed by atoms with Gasteiger partial charge in [-0.15, -0.1) is 0 Å². The van der Waals surface area contributed by atoms with Crippen LogP contribution in [-0.2, 0) is 4.74 Å². The number of hydrogen-bond donors (Lipinski definition) is 0. The molecule has 0 aliphatic carbocycles. The number of halogens is 3. The third-order valence-corrected chi connectivity index (χ3v) is 8.88. The molecule has 0 saturated carbocycles. The van der Waals surface area contributed by atoms with Gasteiger partial charge in [0.2, 0.25) is 5.82 Å². The molecule has 8 heteroatoms. The fourth-order valence-corrected chi connectivity index (χ4v) is 5.88. The topological polar surface area (TPSA) is 61.8 Å². The number of carbonyl (C=O) groups excluding carboxylic acids is 2. The molecule has 0 radical (unpaired) electrons. The van der Waals surface area contributed by atoms with Crippen LogP contribution in [0.5, 0.6) is 11.5 Å². The predicted molar refractivity (Wildman–Crippen MR) is 193 cm³/mol. The van der Waals surface area contributed by atoms with Crippen molar-refractivity contribution in [2.75, 3.05) is 6.61 Å². The fraction of sp³-hybridized carbons (Fsp3) is 0.524. The molecule has 0 aliphatic rings. The van der Waals surface area contributed by atoms with E-state index in [0.717, 1.165) is 61.8 Å². The summed E-state index contributed by atoms with van der Waals surface area (Å²) >= 11 is 0. The summed E-state index contributed by atoms with van der Waals surface area (Å²) in [5, 5.41) is 0.